The summed E-state index contributed by atoms with van der Waals surface area (Å²) in [6.07, 6.45) is 3.42. The molecule has 0 heterocycles. The van der Waals surface area contributed by atoms with Crippen LogP contribution in [0.3, 0.4) is 0 Å². The molecule has 0 saturated carbocycles. The average Bonchev–Trinajstić information content (AvgIpc) is 2.32. The highest BCUT2D eigenvalue weighted by molar-refractivity contribution is 5.67. The van der Waals surface area contributed by atoms with Gasteiger partial charge in [-0.1, -0.05) is 19.1 Å². The number of hydrogen-bond donors (Lipinski definition) is 1. The van der Waals surface area contributed by atoms with Crippen molar-refractivity contribution in [2.45, 2.75) is 13.0 Å². The number of aliphatic hydroxyl groups is 1. The Labute approximate surface area is 95.3 Å². The molecule has 0 fully saturated rings. The largest absolute Gasteiger partial charge is 0.496 e. The summed E-state index contributed by atoms with van der Waals surface area (Å²) in [5.41, 5.74) is 1.73. The number of rotatable bonds is 2. The highest BCUT2D eigenvalue weighted by Gasteiger charge is 2.26. The summed E-state index contributed by atoms with van der Waals surface area (Å²) in [5.74, 6) is 1.56. The van der Waals surface area contributed by atoms with E-state index in [1.807, 2.05) is 31.2 Å². The SMILES string of the molecule is COc1ccc(OC)c2c1C=C[C@@H](C)[C@H]2O. The molecular formula is C13H16O3. The Kier molecular flexibility index (Phi) is 2.88. The summed E-state index contributed by atoms with van der Waals surface area (Å²) in [4.78, 5) is 0. The van der Waals surface area contributed by atoms with Crippen LogP contribution in [0, 0.1) is 5.92 Å². The van der Waals surface area contributed by atoms with Gasteiger partial charge in [0.25, 0.3) is 0 Å². The molecule has 16 heavy (non-hydrogen) atoms. The molecule has 0 radical (unpaired) electrons. The van der Waals surface area contributed by atoms with Gasteiger partial charge >= 0.3 is 0 Å². The summed E-state index contributed by atoms with van der Waals surface area (Å²) in [6, 6.07) is 3.68. The summed E-state index contributed by atoms with van der Waals surface area (Å²) < 4.78 is 10.6. The fraction of sp³-hybridized carbons (Fsp3) is 0.385. The fourth-order valence-corrected chi connectivity index (χ4v) is 2.05. The predicted octanol–water partition coefficient (Wildman–Crippen LogP) is 2.40. The minimum atomic E-state index is -0.537. The highest BCUT2D eigenvalue weighted by atomic mass is 16.5. The van der Waals surface area contributed by atoms with E-state index in [9.17, 15) is 5.11 Å². The summed E-state index contributed by atoms with van der Waals surface area (Å²) in [6.45, 7) is 1.98. The molecule has 0 unspecified atom stereocenters. The van der Waals surface area contributed by atoms with Crippen molar-refractivity contribution in [2.75, 3.05) is 14.2 Å². The van der Waals surface area contributed by atoms with Gasteiger partial charge in [0.15, 0.2) is 0 Å². The van der Waals surface area contributed by atoms with Gasteiger partial charge in [-0.05, 0) is 12.1 Å². The average molecular weight is 220 g/mol. The van der Waals surface area contributed by atoms with Crippen molar-refractivity contribution in [3.05, 3.63) is 29.3 Å². The van der Waals surface area contributed by atoms with Crippen molar-refractivity contribution in [1.82, 2.24) is 0 Å². The van der Waals surface area contributed by atoms with Crippen LogP contribution in [0.2, 0.25) is 0 Å². The standard InChI is InChI=1S/C13H16O3/c1-8-4-5-9-10(15-2)6-7-11(16-3)12(9)13(8)14/h4-8,13-14H,1-3H3/t8-,13-/m1/s1. The van der Waals surface area contributed by atoms with Crippen LogP contribution in [-0.4, -0.2) is 19.3 Å². The van der Waals surface area contributed by atoms with E-state index >= 15 is 0 Å². The molecule has 0 saturated heterocycles. The van der Waals surface area contributed by atoms with E-state index < -0.39 is 6.10 Å². The van der Waals surface area contributed by atoms with Crippen LogP contribution in [0.5, 0.6) is 11.5 Å². The van der Waals surface area contributed by atoms with Crippen LogP contribution < -0.4 is 9.47 Å². The lowest BCUT2D eigenvalue weighted by Crippen LogP contribution is -2.14. The first-order valence-corrected chi connectivity index (χ1v) is 5.30. The van der Waals surface area contributed by atoms with Gasteiger partial charge in [-0.3, -0.25) is 0 Å². The number of hydrogen-bond acceptors (Lipinski definition) is 3. The Morgan fingerprint density at radius 1 is 1.12 bits per heavy atom. The molecule has 1 aromatic rings. The third-order valence-electron chi connectivity index (χ3n) is 3.01. The van der Waals surface area contributed by atoms with E-state index in [1.54, 1.807) is 14.2 Å². The molecule has 0 aliphatic heterocycles. The molecule has 0 aromatic heterocycles. The van der Waals surface area contributed by atoms with Crippen molar-refractivity contribution in [3.8, 4) is 11.5 Å². The quantitative estimate of drug-likeness (QED) is 0.831. The number of benzene rings is 1. The number of fused-ring (bicyclic) bond motifs is 1. The Hall–Kier alpha value is -1.48. The van der Waals surface area contributed by atoms with E-state index in [0.717, 1.165) is 16.9 Å². The Morgan fingerprint density at radius 3 is 2.38 bits per heavy atom. The van der Waals surface area contributed by atoms with Crippen molar-refractivity contribution in [3.63, 3.8) is 0 Å². The Bertz CT molecular complexity index is 423. The van der Waals surface area contributed by atoms with Crippen molar-refractivity contribution in [1.29, 1.82) is 0 Å². The maximum absolute atomic E-state index is 10.2. The van der Waals surface area contributed by atoms with Gasteiger partial charge in [0.1, 0.15) is 11.5 Å². The van der Waals surface area contributed by atoms with Crippen molar-refractivity contribution < 1.29 is 14.6 Å². The van der Waals surface area contributed by atoms with Gasteiger partial charge in [-0.25, -0.2) is 0 Å². The van der Waals surface area contributed by atoms with Crippen LogP contribution >= 0.6 is 0 Å². The first kappa shape index (κ1) is 11.0. The molecule has 0 bridgehead atoms. The molecule has 1 aliphatic carbocycles. The van der Waals surface area contributed by atoms with Gasteiger partial charge in [0, 0.05) is 17.0 Å². The van der Waals surface area contributed by atoms with E-state index in [0.29, 0.717) is 5.75 Å². The number of methoxy groups -OCH3 is 2. The molecule has 0 spiro atoms. The minimum absolute atomic E-state index is 0.0912. The third-order valence-corrected chi connectivity index (χ3v) is 3.01. The molecule has 1 aliphatic rings. The lowest BCUT2D eigenvalue weighted by molar-refractivity contribution is 0.134. The molecule has 1 aromatic carbocycles. The summed E-state index contributed by atoms with van der Waals surface area (Å²) >= 11 is 0. The van der Waals surface area contributed by atoms with Crippen LogP contribution in [0.15, 0.2) is 18.2 Å². The summed E-state index contributed by atoms with van der Waals surface area (Å²) in [5, 5.41) is 10.2. The van der Waals surface area contributed by atoms with Gasteiger partial charge in [-0.15, -0.1) is 0 Å². The van der Waals surface area contributed by atoms with E-state index in [1.165, 1.54) is 0 Å². The zero-order valence-corrected chi connectivity index (χ0v) is 9.73. The maximum atomic E-state index is 10.2. The zero-order chi connectivity index (χ0) is 11.7. The Balaban J connectivity index is 2.64. The number of aliphatic hydroxyl groups excluding tert-OH is 1. The van der Waals surface area contributed by atoms with Crippen LogP contribution in [0.4, 0.5) is 0 Å². The second kappa shape index (κ2) is 4.18. The van der Waals surface area contributed by atoms with Crippen LogP contribution in [0.1, 0.15) is 24.2 Å². The fourth-order valence-electron chi connectivity index (χ4n) is 2.05. The van der Waals surface area contributed by atoms with Gasteiger partial charge in [-0.2, -0.15) is 0 Å². The first-order valence-electron chi connectivity index (χ1n) is 5.30. The molecule has 3 heteroatoms. The third kappa shape index (κ3) is 1.57. The monoisotopic (exact) mass is 220 g/mol. The van der Waals surface area contributed by atoms with E-state index in [-0.39, 0.29) is 5.92 Å². The highest BCUT2D eigenvalue weighted by Crippen LogP contribution is 2.42. The van der Waals surface area contributed by atoms with Gasteiger partial charge in [0.05, 0.1) is 20.3 Å². The smallest absolute Gasteiger partial charge is 0.126 e. The summed E-state index contributed by atoms with van der Waals surface area (Å²) in [7, 11) is 3.23. The second-order valence-corrected chi connectivity index (χ2v) is 3.96. The van der Waals surface area contributed by atoms with Crippen LogP contribution in [-0.2, 0) is 0 Å². The lowest BCUT2D eigenvalue weighted by Gasteiger charge is -2.26. The van der Waals surface area contributed by atoms with Gasteiger partial charge in [0.2, 0.25) is 0 Å². The molecule has 0 amide bonds. The molecule has 2 atom stereocenters. The van der Waals surface area contributed by atoms with Crippen molar-refractivity contribution in [2.24, 2.45) is 5.92 Å². The van der Waals surface area contributed by atoms with Crippen LogP contribution in [0.25, 0.3) is 6.08 Å². The van der Waals surface area contributed by atoms with E-state index in [4.69, 9.17) is 9.47 Å². The number of ether oxygens (including phenoxy) is 2. The minimum Gasteiger partial charge on any atom is -0.496 e. The van der Waals surface area contributed by atoms with Gasteiger partial charge < -0.3 is 14.6 Å². The second-order valence-electron chi connectivity index (χ2n) is 3.96. The van der Waals surface area contributed by atoms with E-state index in [2.05, 4.69) is 0 Å². The Morgan fingerprint density at radius 2 is 1.75 bits per heavy atom. The maximum Gasteiger partial charge on any atom is 0.126 e. The lowest BCUT2D eigenvalue weighted by atomic mass is 9.87. The molecule has 86 valence electrons. The zero-order valence-electron chi connectivity index (χ0n) is 9.73. The molecule has 3 nitrogen and oxygen atoms in total. The first-order chi connectivity index (χ1) is 7.69. The molecule has 1 N–H and O–H groups in total. The van der Waals surface area contributed by atoms with Crippen molar-refractivity contribution >= 4 is 6.08 Å². The molecule has 2 rings (SSSR count). The topological polar surface area (TPSA) is 38.7 Å². The normalized spacial score (nSPS) is 22.8. The predicted molar refractivity (Wildman–Crippen MR) is 62.7 cm³/mol. The molecular weight excluding hydrogens is 204 g/mol.